The van der Waals surface area contributed by atoms with Crippen LogP contribution in [-0.4, -0.2) is 32.1 Å². The van der Waals surface area contributed by atoms with Gasteiger partial charge in [-0.1, -0.05) is 23.7 Å². The van der Waals surface area contributed by atoms with Crippen LogP contribution in [0.1, 0.15) is 24.8 Å². The number of fused-ring (bicyclic) bond motifs is 1. The Hall–Kier alpha value is -3.38. The number of hydrogen-bond donors (Lipinski definition) is 1. The van der Waals surface area contributed by atoms with Crippen molar-refractivity contribution in [3.05, 3.63) is 76.8 Å². The lowest BCUT2D eigenvalue weighted by Crippen LogP contribution is -2.45. The highest BCUT2D eigenvalue weighted by Gasteiger charge is 2.41. The van der Waals surface area contributed by atoms with Crippen molar-refractivity contribution in [1.82, 2.24) is 0 Å². The van der Waals surface area contributed by atoms with Crippen LogP contribution in [0.5, 0.6) is 5.75 Å². The quantitative estimate of drug-likeness (QED) is 0.249. The second-order valence-electron chi connectivity index (χ2n) is 9.84. The van der Waals surface area contributed by atoms with Crippen LogP contribution in [0, 0.1) is 23.5 Å². The van der Waals surface area contributed by atoms with Crippen molar-refractivity contribution in [2.24, 2.45) is 11.8 Å². The Morgan fingerprint density at radius 2 is 1.80 bits per heavy atom. The number of rotatable bonds is 6. The molecule has 1 N–H and O–H groups in total. The molecule has 2 aliphatic rings. The molecule has 0 aromatic heterocycles. The summed E-state index contributed by atoms with van der Waals surface area (Å²) in [7, 11) is -4.59. The zero-order valence-electron chi connectivity index (χ0n) is 20.5. The molecule has 1 atom stereocenters. The molecule has 5 rings (SSSR count). The average molecular weight is 602 g/mol. The number of anilines is 1. The summed E-state index contributed by atoms with van der Waals surface area (Å²) in [5.41, 5.74) is -1.11. The molecule has 1 saturated carbocycles. The van der Waals surface area contributed by atoms with Crippen molar-refractivity contribution in [2.75, 3.05) is 10.8 Å². The number of aliphatic carboxylic acids is 1. The molecular formula is C27H21ClF5NO5S. The lowest BCUT2D eigenvalue weighted by Gasteiger charge is -2.40. The molecule has 0 radical (unpaired) electrons. The van der Waals surface area contributed by atoms with Gasteiger partial charge in [0.05, 0.1) is 33.6 Å². The Kier molecular flexibility index (Phi) is 7.20. The van der Waals surface area contributed by atoms with E-state index < -0.39 is 61.3 Å². The SMILES string of the molecule is O=C(O)C1CC(C[C@H]2CN(S(=O)(=O)c3cccc(C(F)(F)F)c3)c3cc(-c4cc(F)cc(F)c4Cl)ccc3O2)C1. The van der Waals surface area contributed by atoms with Gasteiger partial charge in [-0.3, -0.25) is 9.10 Å². The number of carboxylic acid groups (broad SMARTS) is 1. The number of hydrogen-bond acceptors (Lipinski definition) is 4. The minimum Gasteiger partial charge on any atom is -0.486 e. The fourth-order valence-electron chi connectivity index (χ4n) is 5.06. The number of carbonyl (C=O) groups is 1. The first kappa shape index (κ1) is 28.2. The van der Waals surface area contributed by atoms with Gasteiger partial charge in [0.2, 0.25) is 0 Å². The van der Waals surface area contributed by atoms with Gasteiger partial charge in [0, 0.05) is 11.6 Å². The molecule has 1 aliphatic heterocycles. The zero-order chi connectivity index (χ0) is 29.0. The van der Waals surface area contributed by atoms with Gasteiger partial charge >= 0.3 is 12.1 Å². The van der Waals surface area contributed by atoms with Crippen LogP contribution in [-0.2, 0) is 21.0 Å². The average Bonchev–Trinajstić information content (AvgIpc) is 2.86. The molecule has 1 aliphatic carbocycles. The summed E-state index contributed by atoms with van der Waals surface area (Å²) < 4.78 is 103. The molecule has 1 fully saturated rings. The molecule has 6 nitrogen and oxygen atoms in total. The number of nitrogens with zero attached hydrogens (tertiary/aromatic N) is 1. The predicted octanol–water partition coefficient (Wildman–Crippen LogP) is 6.76. The summed E-state index contributed by atoms with van der Waals surface area (Å²) in [5.74, 6) is -3.32. The highest BCUT2D eigenvalue weighted by molar-refractivity contribution is 7.92. The summed E-state index contributed by atoms with van der Waals surface area (Å²) >= 11 is 6.05. The van der Waals surface area contributed by atoms with Crippen molar-refractivity contribution < 1.29 is 45.0 Å². The Morgan fingerprint density at radius 1 is 1.07 bits per heavy atom. The summed E-state index contributed by atoms with van der Waals surface area (Å²) in [4.78, 5) is 10.6. The molecule has 0 unspecified atom stereocenters. The lowest BCUT2D eigenvalue weighted by atomic mass is 9.72. The van der Waals surface area contributed by atoms with Crippen LogP contribution in [0.25, 0.3) is 11.1 Å². The van der Waals surface area contributed by atoms with Gasteiger partial charge in [0.25, 0.3) is 10.0 Å². The van der Waals surface area contributed by atoms with Crippen LogP contribution in [0.4, 0.5) is 27.6 Å². The van der Waals surface area contributed by atoms with E-state index in [-0.39, 0.29) is 35.0 Å². The van der Waals surface area contributed by atoms with Crippen molar-refractivity contribution >= 4 is 33.3 Å². The topological polar surface area (TPSA) is 83.9 Å². The first-order valence-electron chi connectivity index (χ1n) is 12.1. The molecule has 3 aromatic carbocycles. The Morgan fingerprint density at radius 3 is 2.48 bits per heavy atom. The molecule has 1 heterocycles. The number of ether oxygens (including phenoxy) is 1. The lowest BCUT2D eigenvalue weighted by molar-refractivity contribution is -0.146. The molecule has 0 spiro atoms. The number of benzene rings is 3. The zero-order valence-corrected chi connectivity index (χ0v) is 22.0. The van der Waals surface area contributed by atoms with Crippen LogP contribution in [0.2, 0.25) is 5.02 Å². The minimum absolute atomic E-state index is 0.0425. The molecule has 40 heavy (non-hydrogen) atoms. The Bertz CT molecular complexity index is 1590. The van der Waals surface area contributed by atoms with E-state index in [4.69, 9.17) is 21.4 Å². The fraction of sp³-hybridized carbons (Fsp3) is 0.296. The molecular weight excluding hydrogens is 581 g/mol. The fourth-order valence-corrected chi connectivity index (χ4v) is 6.82. The Labute approximate surface area is 231 Å². The molecule has 212 valence electrons. The number of halogens is 6. The predicted molar refractivity (Wildman–Crippen MR) is 136 cm³/mol. The highest BCUT2D eigenvalue weighted by atomic mass is 35.5. The smallest absolute Gasteiger partial charge is 0.416 e. The van der Waals surface area contributed by atoms with E-state index in [1.807, 2.05) is 0 Å². The van der Waals surface area contributed by atoms with Crippen LogP contribution in [0.15, 0.2) is 59.5 Å². The maximum atomic E-state index is 14.1. The first-order valence-corrected chi connectivity index (χ1v) is 13.9. The van der Waals surface area contributed by atoms with Crippen molar-refractivity contribution in [2.45, 2.75) is 36.4 Å². The summed E-state index contributed by atoms with van der Waals surface area (Å²) in [6, 6.07) is 9.00. The third-order valence-electron chi connectivity index (χ3n) is 7.13. The third kappa shape index (κ3) is 5.34. The molecule has 0 bridgehead atoms. The maximum Gasteiger partial charge on any atom is 0.416 e. The number of carboxylic acids is 1. The van der Waals surface area contributed by atoms with Gasteiger partial charge < -0.3 is 9.84 Å². The summed E-state index contributed by atoms with van der Waals surface area (Å²) in [6.45, 7) is -0.283. The molecule has 3 aromatic rings. The normalized spacial score (nSPS) is 20.9. The van der Waals surface area contributed by atoms with Crippen LogP contribution in [0.3, 0.4) is 0 Å². The van der Waals surface area contributed by atoms with Gasteiger partial charge in [0.1, 0.15) is 23.5 Å². The minimum atomic E-state index is -4.78. The van der Waals surface area contributed by atoms with E-state index in [2.05, 4.69) is 0 Å². The number of alkyl halides is 3. The van der Waals surface area contributed by atoms with E-state index in [1.165, 1.54) is 18.2 Å². The van der Waals surface area contributed by atoms with E-state index in [9.17, 15) is 35.2 Å². The van der Waals surface area contributed by atoms with E-state index in [0.29, 0.717) is 31.4 Å². The van der Waals surface area contributed by atoms with Gasteiger partial charge in [-0.25, -0.2) is 17.2 Å². The van der Waals surface area contributed by atoms with Crippen molar-refractivity contribution in [1.29, 1.82) is 0 Å². The standard InChI is InChI=1S/C27H21ClF5NO5S/c28-25-21(11-18(29)12-22(25)30)15-4-5-24-23(9-15)34(13-19(39-24)8-14-6-16(7-14)26(35)36)40(37,38)20-3-1-2-17(10-20)27(31,32)33/h1-5,9-12,14,16,19H,6-8,13H2,(H,35,36)/t14?,16?,19-/m0/s1. The van der Waals surface area contributed by atoms with Crippen LogP contribution >= 0.6 is 11.6 Å². The van der Waals surface area contributed by atoms with E-state index in [0.717, 1.165) is 28.6 Å². The van der Waals surface area contributed by atoms with Gasteiger partial charge in [-0.2, -0.15) is 13.2 Å². The second kappa shape index (κ2) is 10.2. The monoisotopic (exact) mass is 601 g/mol. The molecule has 13 heteroatoms. The second-order valence-corrected chi connectivity index (χ2v) is 12.1. The van der Waals surface area contributed by atoms with Gasteiger partial charge in [0.15, 0.2) is 0 Å². The molecule has 0 saturated heterocycles. The summed E-state index contributed by atoms with van der Waals surface area (Å²) in [5, 5.41) is 8.76. The molecule has 0 amide bonds. The van der Waals surface area contributed by atoms with Crippen molar-refractivity contribution in [3.8, 4) is 16.9 Å². The highest BCUT2D eigenvalue weighted by Crippen LogP contribution is 2.45. The Balaban J connectivity index is 1.56. The van der Waals surface area contributed by atoms with Gasteiger partial charge in [-0.15, -0.1) is 0 Å². The van der Waals surface area contributed by atoms with E-state index >= 15 is 0 Å². The largest absolute Gasteiger partial charge is 0.486 e. The van der Waals surface area contributed by atoms with Crippen molar-refractivity contribution in [3.63, 3.8) is 0 Å². The van der Waals surface area contributed by atoms with E-state index in [1.54, 1.807) is 0 Å². The maximum absolute atomic E-state index is 14.1. The van der Waals surface area contributed by atoms with Crippen LogP contribution < -0.4 is 9.04 Å². The first-order chi connectivity index (χ1) is 18.7. The summed E-state index contributed by atoms with van der Waals surface area (Å²) in [6.07, 6.45) is -4.40. The third-order valence-corrected chi connectivity index (χ3v) is 9.29. The van der Waals surface area contributed by atoms with Gasteiger partial charge in [-0.05, 0) is 67.1 Å². The number of sulfonamides is 1.